The van der Waals surface area contributed by atoms with E-state index < -0.39 is 28.5 Å². The molecule has 0 bridgehead atoms. The van der Waals surface area contributed by atoms with Crippen LogP contribution in [0.4, 0.5) is 5.69 Å². The summed E-state index contributed by atoms with van der Waals surface area (Å²) < 4.78 is 29.0. The molecule has 0 heterocycles. The van der Waals surface area contributed by atoms with Crippen molar-refractivity contribution in [2.75, 3.05) is 10.8 Å². The van der Waals surface area contributed by atoms with Crippen LogP contribution >= 0.6 is 23.2 Å². The van der Waals surface area contributed by atoms with Crippen molar-refractivity contribution in [3.05, 3.63) is 93.5 Å². The molecule has 0 saturated heterocycles. The molecule has 1 N–H and O–H groups in total. The second-order valence-corrected chi connectivity index (χ2v) is 12.7. The zero-order chi connectivity index (χ0) is 29.6. The number of carbonyl (C=O) groups excluding carboxylic acids is 2. The standard InChI is InChI=1S/C30H35Cl2N3O4S/c1-6-28(30(37)33-20(2)3)34(18-23-8-10-24(31)11-9-23)29(36)19-35(26-14-7-21(4)22(5)17-26)40(38,39)27-15-12-25(32)13-16-27/h7-17,20,28H,6,18-19H2,1-5H3,(H,33,37). The van der Waals surface area contributed by atoms with Crippen molar-refractivity contribution in [2.45, 2.75) is 64.6 Å². The predicted molar refractivity (Wildman–Crippen MR) is 161 cm³/mol. The number of rotatable bonds is 11. The molecule has 10 heteroatoms. The minimum Gasteiger partial charge on any atom is -0.352 e. The first-order valence-corrected chi connectivity index (χ1v) is 15.2. The van der Waals surface area contributed by atoms with Crippen molar-refractivity contribution in [3.8, 4) is 0 Å². The molecule has 0 aromatic heterocycles. The highest BCUT2D eigenvalue weighted by atomic mass is 35.5. The summed E-state index contributed by atoms with van der Waals surface area (Å²) in [5.41, 5.74) is 2.96. The molecule has 1 unspecified atom stereocenters. The molecule has 0 spiro atoms. The number of hydrogen-bond acceptors (Lipinski definition) is 4. The number of hydrogen-bond donors (Lipinski definition) is 1. The van der Waals surface area contributed by atoms with E-state index in [0.29, 0.717) is 22.2 Å². The first-order valence-electron chi connectivity index (χ1n) is 13.0. The molecular weight excluding hydrogens is 569 g/mol. The smallest absolute Gasteiger partial charge is 0.264 e. The molecule has 3 aromatic rings. The summed E-state index contributed by atoms with van der Waals surface area (Å²) in [5, 5.41) is 3.82. The van der Waals surface area contributed by atoms with Crippen molar-refractivity contribution < 1.29 is 18.0 Å². The lowest BCUT2D eigenvalue weighted by Gasteiger charge is -2.33. The number of aryl methyl sites for hydroxylation is 2. The highest BCUT2D eigenvalue weighted by Crippen LogP contribution is 2.27. The first-order chi connectivity index (χ1) is 18.8. The van der Waals surface area contributed by atoms with E-state index in [1.54, 1.807) is 36.4 Å². The highest BCUT2D eigenvalue weighted by molar-refractivity contribution is 7.92. The zero-order valence-electron chi connectivity index (χ0n) is 23.3. The maximum Gasteiger partial charge on any atom is 0.264 e. The third-order valence-electron chi connectivity index (χ3n) is 6.54. The first kappa shape index (κ1) is 31.5. The van der Waals surface area contributed by atoms with Gasteiger partial charge in [0.2, 0.25) is 11.8 Å². The van der Waals surface area contributed by atoms with Crippen molar-refractivity contribution in [2.24, 2.45) is 0 Å². The van der Waals surface area contributed by atoms with Crippen molar-refractivity contribution in [1.82, 2.24) is 10.2 Å². The van der Waals surface area contributed by atoms with Gasteiger partial charge in [0.1, 0.15) is 12.6 Å². The average molecular weight is 605 g/mol. The van der Waals surface area contributed by atoms with Crippen LogP contribution in [0.5, 0.6) is 0 Å². The second kappa shape index (κ2) is 13.5. The maximum absolute atomic E-state index is 14.1. The van der Waals surface area contributed by atoms with Crippen molar-refractivity contribution >= 4 is 50.7 Å². The Morgan fingerprint density at radius 3 is 1.98 bits per heavy atom. The molecule has 2 amide bonds. The molecule has 0 aliphatic rings. The molecule has 0 radical (unpaired) electrons. The Hall–Kier alpha value is -3.07. The van der Waals surface area contributed by atoms with Gasteiger partial charge in [-0.2, -0.15) is 0 Å². The van der Waals surface area contributed by atoms with Gasteiger partial charge in [0.05, 0.1) is 10.6 Å². The lowest BCUT2D eigenvalue weighted by molar-refractivity contribution is -0.140. The van der Waals surface area contributed by atoms with Crippen LogP contribution in [0.25, 0.3) is 0 Å². The Bertz CT molecular complexity index is 1440. The van der Waals surface area contributed by atoms with E-state index in [0.717, 1.165) is 21.0 Å². The van der Waals surface area contributed by atoms with Gasteiger partial charge in [0.25, 0.3) is 10.0 Å². The van der Waals surface area contributed by atoms with E-state index in [1.807, 2.05) is 40.7 Å². The fraction of sp³-hybridized carbons (Fsp3) is 0.333. The molecule has 0 saturated carbocycles. The Morgan fingerprint density at radius 2 is 1.45 bits per heavy atom. The summed E-state index contributed by atoms with van der Waals surface area (Å²) in [6, 6.07) is 17.1. The van der Waals surface area contributed by atoms with E-state index in [4.69, 9.17) is 23.2 Å². The monoisotopic (exact) mass is 603 g/mol. The van der Waals surface area contributed by atoms with Gasteiger partial charge < -0.3 is 10.2 Å². The molecular formula is C30H35Cl2N3O4S. The maximum atomic E-state index is 14.1. The number of sulfonamides is 1. The molecule has 0 aliphatic carbocycles. The summed E-state index contributed by atoms with van der Waals surface area (Å²) in [4.78, 5) is 28.7. The minimum atomic E-state index is -4.17. The summed E-state index contributed by atoms with van der Waals surface area (Å²) >= 11 is 12.1. The Morgan fingerprint density at radius 1 is 0.875 bits per heavy atom. The van der Waals surface area contributed by atoms with Crippen LogP contribution in [0, 0.1) is 13.8 Å². The Kier molecular flexibility index (Phi) is 10.6. The van der Waals surface area contributed by atoms with E-state index in [2.05, 4.69) is 5.32 Å². The second-order valence-electron chi connectivity index (χ2n) is 9.97. The number of anilines is 1. The van der Waals surface area contributed by atoms with E-state index in [9.17, 15) is 18.0 Å². The number of benzene rings is 3. The third kappa shape index (κ3) is 7.77. The number of nitrogens with one attached hydrogen (secondary N) is 1. The number of carbonyl (C=O) groups is 2. The van der Waals surface area contributed by atoms with Gasteiger partial charge in [-0.1, -0.05) is 48.3 Å². The van der Waals surface area contributed by atoms with E-state index in [-0.39, 0.29) is 23.4 Å². The molecule has 1 atom stereocenters. The lowest BCUT2D eigenvalue weighted by Crippen LogP contribution is -2.53. The van der Waals surface area contributed by atoms with E-state index in [1.165, 1.54) is 29.2 Å². The average Bonchev–Trinajstić information content (AvgIpc) is 2.89. The number of halogens is 2. The Balaban J connectivity index is 2.08. The fourth-order valence-corrected chi connectivity index (χ4v) is 5.89. The molecule has 0 aliphatic heterocycles. The van der Waals surface area contributed by atoms with Crippen LogP contribution in [-0.2, 0) is 26.2 Å². The number of amides is 2. The Labute approximate surface area is 247 Å². The van der Waals surface area contributed by atoms with E-state index >= 15 is 0 Å². The van der Waals surface area contributed by atoms with Crippen LogP contribution in [0.3, 0.4) is 0 Å². The summed E-state index contributed by atoms with van der Waals surface area (Å²) in [6.45, 7) is 8.90. The van der Waals surface area contributed by atoms with Crippen LogP contribution in [-0.4, -0.2) is 43.8 Å². The summed E-state index contributed by atoms with van der Waals surface area (Å²) in [6.07, 6.45) is 0.339. The molecule has 0 fully saturated rings. The molecule has 3 rings (SSSR count). The summed E-state index contributed by atoms with van der Waals surface area (Å²) in [7, 11) is -4.17. The van der Waals surface area contributed by atoms with Gasteiger partial charge in [-0.3, -0.25) is 13.9 Å². The van der Waals surface area contributed by atoms with Crippen LogP contribution in [0.1, 0.15) is 43.9 Å². The van der Waals surface area contributed by atoms with Gasteiger partial charge in [-0.05, 0) is 99.3 Å². The van der Waals surface area contributed by atoms with Gasteiger partial charge in [0, 0.05) is 22.6 Å². The topological polar surface area (TPSA) is 86.8 Å². The van der Waals surface area contributed by atoms with Crippen LogP contribution < -0.4 is 9.62 Å². The zero-order valence-corrected chi connectivity index (χ0v) is 25.6. The third-order valence-corrected chi connectivity index (χ3v) is 8.83. The number of nitrogens with zero attached hydrogens (tertiary/aromatic N) is 2. The van der Waals surface area contributed by atoms with Gasteiger partial charge >= 0.3 is 0 Å². The SMILES string of the molecule is CCC(C(=O)NC(C)C)N(Cc1ccc(Cl)cc1)C(=O)CN(c1ccc(C)c(C)c1)S(=O)(=O)c1ccc(Cl)cc1. The fourth-order valence-electron chi connectivity index (χ4n) is 4.23. The molecule has 214 valence electrons. The largest absolute Gasteiger partial charge is 0.352 e. The lowest BCUT2D eigenvalue weighted by atomic mass is 10.1. The van der Waals surface area contributed by atoms with Gasteiger partial charge in [-0.15, -0.1) is 0 Å². The quantitative estimate of drug-likeness (QED) is 0.285. The van der Waals surface area contributed by atoms with Crippen molar-refractivity contribution in [3.63, 3.8) is 0 Å². The van der Waals surface area contributed by atoms with Gasteiger partial charge in [-0.25, -0.2) is 8.42 Å². The predicted octanol–water partition coefficient (Wildman–Crippen LogP) is 6.14. The highest BCUT2D eigenvalue weighted by Gasteiger charge is 2.34. The molecule has 40 heavy (non-hydrogen) atoms. The van der Waals surface area contributed by atoms with Crippen LogP contribution in [0.15, 0.2) is 71.6 Å². The minimum absolute atomic E-state index is 0.00299. The molecule has 3 aromatic carbocycles. The van der Waals surface area contributed by atoms with Crippen LogP contribution in [0.2, 0.25) is 10.0 Å². The van der Waals surface area contributed by atoms with Crippen molar-refractivity contribution in [1.29, 1.82) is 0 Å². The summed E-state index contributed by atoms with van der Waals surface area (Å²) in [5.74, 6) is -0.824. The van der Waals surface area contributed by atoms with Gasteiger partial charge in [0.15, 0.2) is 0 Å². The normalized spacial score (nSPS) is 12.2. The molecule has 7 nitrogen and oxygen atoms in total.